The molecule has 0 atom stereocenters. The summed E-state index contributed by atoms with van der Waals surface area (Å²) < 4.78 is 43.3. The van der Waals surface area contributed by atoms with Crippen LogP contribution in [0.4, 0.5) is 0 Å². The number of hydrogen-bond donors (Lipinski definition) is 2. The molecule has 1 aromatic rings. The molecule has 10 heteroatoms. The summed E-state index contributed by atoms with van der Waals surface area (Å²) in [4.78, 5) is 3.56. The third kappa shape index (κ3) is 2.23. The standard InChI is InChI=1S/C6H12N4O4S2/c1-6(2,15(3,11)12)4-8-5(10-9-4)16(7,13)14/h1-3H3,(H2,7,13,14)(H,8,9,10). The van der Waals surface area contributed by atoms with Gasteiger partial charge in [-0.15, -0.1) is 5.10 Å². The number of aromatic amines is 1. The molecule has 1 aromatic heterocycles. The number of H-pyrrole nitrogens is 1. The van der Waals surface area contributed by atoms with Crippen LogP contribution in [0, 0.1) is 0 Å². The minimum absolute atomic E-state index is 0.0703. The lowest BCUT2D eigenvalue weighted by atomic mass is 10.2. The Balaban J connectivity index is 3.34. The maximum absolute atomic E-state index is 11.4. The zero-order valence-electron chi connectivity index (χ0n) is 8.92. The molecule has 0 fully saturated rings. The Hall–Kier alpha value is -1.00. The molecule has 0 aliphatic rings. The lowest BCUT2D eigenvalue weighted by molar-refractivity contribution is 0.550. The molecule has 0 unspecified atom stereocenters. The lowest BCUT2D eigenvalue weighted by Crippen LogP contribution is -2.29. The van der Waals surface area contributed by atoms with Crippen LogP contribution in [0.3, 0.4) is 0 Å². The van der Waals surface area contributed by atoms with Crippen LogP contribution in [0.5, 0.6) is 0 Å². The van der Waals surface area contributed by atoms with Crippen molar-refractivity contribution < 1.29 is 16.8 Å². The van der Waals surface area contributed by atoms with Crippen LogP contribution in [0.15, 0.2) is 5.16 Å². The smallest absolute Gasteiger partial charge is 0.261 e. The molecule has 1 heterocycles. The third-order valence-electron chi connectivity index (χ3n) is 2.22. The molecule has 8 nitrogen and oxygen atoms in total. The highest BCUT2D eigenvalue weighted by molar-refractivity contribution is 7.91. The van der Waals surface area contributed by atoms with Gasteiger partial charge in [0.2, 0.25) is 0 Å². The minimum Gasteiger partial charge on any atom is -0.261 e. The Labute approximate surface area is 93.2 Å². The zero-order chi connectivity index (χ0) is 12.8. The molecule has 0 bridgehead atoms. The molecule has 0 aliphatic heterocycles. The van der Waals surface area contributed by atoms with Crippen molar-refractivity contribution >= 4 is 19.9 Å². The maximum Gasteiger partial charge on any atom is 0.282 e. The summed E-state index contributed by atoms with van der Waals surface area (Å²) in [6.45, 7) is 2.77. The zero-order valence-corrected chi connectivity index (χ0v) is 10.6. The molecule has 92 valence electrons. The van der Waals surface area contributed by atoms with Crippen molar-refractivity contribution in [2.75, 3.05) is 6.26 Å². The topological polar surface area (TPSA) is 136 Å². The fourth-order valence-electron chi connectivity index (χ4n) is 0.819. The van der Waals surface area contributed by atoms with Gasteiger partial charge in [-0.3, -0.25) is 5.10 Å². The molecule has 1 rings (SSSR count). The van der Waals surface area contributed by atoms with Gasteiger partial charge in [-0.05, 0) is 13.8 Å². The second-order valence-corrected chi connectivity index (χ2v) is 7.81. The van der Waals surface area contributed by atoms with Gasteiger partial charge in [0.05, 0.1) is 0 Å². The Kier molecular flexibility index (Phi) is 2.86. The fourth-order valence-corrected chi connectivity index (χ4v) is 1.65. The first-order chi connectivity index (χ1) is 6.96. The van der Waals surface area contributed by atoms with Crippen LogP contribution in [0.1, 0.15) is 19.7 Å². The first-order valence-electron chi connectivity index (χ1n) is 4.11. The molecule has 0 spiro atoms. The second-order valence-electron chi connectivity index (χ2n) is 3.79. The Bertz CT molecular complexity index is 598. The van der Waals surface area contributed by atoms with Gasteiger partial charge in [0.25, 0.3) is 15.2 Å². The Morgan fingerprint density at radius 3 is 2.06 bits per heavy atom. The van der Waals surface area contributed by atoms with Gasteiger partial charge >= 0.3 is 0 Å². The largest absolute Gasteiger partial charge is 0.282 e. The number of hydrogen-bond acceptors (Lipinski definition) is 6. The van der Waals surface area contributed by atoms with E-state index in [-0.39, 0.29) is 5.82 Å². The van der Waals surface area contributed by atoms with E-state index >= 15 is 0 Å². The van der Waals surface area contributed by atoms with Gasteiger partial charge in [0.15, 0.2) is 9.84 Å². The van der Waals surface area contributed by atoms with Gasteiger partial charge in [-0.25, -0.2) is 22.0 Å². The molecule has 0 amide bonds. The number of primary sulfonamides is 1. The molecule has 0 saturated carbocycles. The first kappa shape index (κ1) is 13.1. The highest BCUT2D eigenvalue weighted by atomic mass is 32.2. The van der Waals surface area contributed by atoms with Gasteiger partial charge in [0.1, 0.15) is 10.6 Å². The maximum atomic E-state index is 11.4. The van der Waals surface area contributed by atoms with Gasteiger partial charge in [0, 0.05) is 6.26 Å². The average Bonchev–Trinajstić information content (AvgIpc) is 2.47. The SMILES string of the molecule is CC(C)(c1nc(S(N)(=O)=O)n[nH]1)S(C)(=O)=O. The van der Waals surface area contributed by atoms with E-state index in [2.05, 4.69) is 15.2 Å². The summed E-state index contributed by atoms with van der Waals surface area (Å²) in [6, 6.07) is 0. The van der Waals surface area contributed by atoms with E-state index in [1.54, 1.807) is 0 Å². The van der Waals surface area contributed by atoms with Crippen molar-refractivity contribution in [3.8, 4) is 0 Å². The number of rotatable bonds is 3. The first-order valence-corrected chi connectivity index (χ1v) is 7.55. The Morgan fingerprint density at radius 2 is 1.75 bits per heavy atom. The summed E-state index contributed by atoms with van der Waals surface area (Å²) in [5.41, 5.74) is 0. The molecule has 3 N–H and O–H groups in total. The predicted octanol–water partition coefficient (Wildman–Crippen LogP) is -1.27. The summed E-state index contributed by atoms with van der Waals surface area (Å²) in [5, 5.41) is 9.79. The summed E-state index contributed by atoms with van der Waals surface area (Å²) in [7, 11) is -7.49. The normalized spacial score (nSPS) is 14.0. The van der Waals surface area contributed by atoms with Gasteiger partial charge < -0.3 is 0 Å². The third-order valence-corrected chi connectivity index (χ3v) is 4.96. The predicted molar refractivity (Wildman–Crippen MR) is 55.6 cm³/mol. The van der Waals surface area contributed by atoms with Crippen molar-refractivity contribution in [3.05, 3.63) is 5.82 Å². The van der Waals surface area contributed by atoms with Crippen LogP contribution < -0.4 is 5.14 Å². The summed E-state index contributed by atoms with van der Waals surface area (Å²) in [6.07, 6.45) is 1.02. The highest BCUT2D eigenvalue weighted by Gasteiger charge is 2.36. The molecule has 16 heavy (non-hydrogen) atoms. The number of nitrogens with zero attached hydrogens (tertiary/aromatic N) is 2. The molecular weight excluding hydrogens is 256 g/mol. The van der Waals surface area contributed by atoms with Crippen molar-refractivity contribution in [3.63, 3.8) is 0 Å². The quantitative estimate of drug-likeness (QED) is 0.701. The molecule has 0 aliphatic carbocycles. The van der Waals surface area contributed by atoms with Crippen LogP contribution in [-0.4, -0.2) is 38.3 Å². The number of aromatic nitrogens is 3. The van der Waals surface area contributed by atoms with Crippen molar-refractivity contribution in [2.24, 2.45) is 5.14 Å². The van der Waals surface area contributed by atoms with Gasteiger partial charge in [-0.1, -0.05) is 0 Å². The summed E-state index contributed by atoms with van der Waals surface area (Å²) >= 11 is 0. The van der Waals surface area contributed by atoms with Crippen LogP contribution in [-0.2, 0) is 24.6 Å². The number of sulfonamides is 1. The number of nitrogens with two attached hydrogens (primary N) is 1. The van der Waals surface area contributed by atoms with Crippen molar-refractivity contribution in [2.45, 2.75) is 23.8 Å². The highest BCUT2D eigenvalue weighted by Crippen LogP contribution is 2.25. The van der Waals surface area contributed by atoms with E-state index in [0.717, 1.165) is 6.26 Å². The molecular formula is C6H12N4O4S2. The summed E-state index contributed by atoms with van der Waals surface area (Å²) in [5.74, 6) is -0.0703. The lowest BCUT2D eigenvalue weighted by Gasteiger charge is -2.18. The second kappa shape index (κ2) is 3.50. The van der Waals surface area contributed by atoms with E-state index in [0.29, 0.717) is 0 Å². The van der Waals surface area contributed by atoms with Crippen LogP contribution >= 0.6 is 0 Å². The van der Waals surface area contributed by atoms with Crippen LogP contribution in [0.25, 0.3) is 0 Å². The molecule has 0 saturated heterocycles. The fraction of sp³-hybridized carbons (Fsp3) is 0.667. The number of sulfone groups is 1. The number of nitrogens with one attached hydrogen (secondary N) is 1. The van der Waals surface area contributed by atoms with Crippen molar-refractivity contribution in [1.29, 1.82) is 0 Å². The van der Waals surface area contributed by atoms with E-state index in [1.807, 2.05) is 0 Å². The Morgan fingerprint density at radius 1 is 1.25 bits per heavy atom. The van der Waals surface area contributed by atoms with E-state index in [4.69, 9.17) is 5.14 Å². The monoisotopic (exact) mass is 268 g/mol. The van der Waals surface area contributed by atoms with Gasteiger partial charge in [-0.2, -0.15) is 4.98 Å². The van der Waals surface area contributed by atoms with Crippen LogP contribution in [0.2, 0.25) is 0 Å². The minimum atomic E-state index is -4.04. The van der Waals surface area contributed by atoms with Crippen molar-refractivity contribution in [1.82, 2.24) is 15.2 Å². The molecule has 0 aromatic carbocycles. The average molecular weight is 268 g/mol. The molecule has 0 radical (unpaired) electrons. The van der Waals surface area contributed by atoms with E-state index in [9.17, 15) is 16.8 Å². The van der Waals surface area contributed by atoms with E-state index < -0.39 is 29.8 Å². The van der Waals surface area contributed by atoms with E-state index in [1.165, 1.54) is 13.8 Å².